The third kappa shape index (κ3) is 3.88. The van der Waals surface area contributed by atoms with Gasteiger partial charge in [-0.3, -0.25) is 9.59 Å². The highest BCUT2D eigenvalue weighted by molar-refractivity contribution is 5.94. The lowest BCUT2D eigenvalue weighted by Crippen LogP contribution is -2.40. The molecule has 1 aliphatic rings. The first kappa shape index (κ1) is 19.2. The molecule has 1 saturated carbocycles. The summed E-state index contributed by atoms with van der Waals surface area (Å²) >= 11 is 0. The number of rotatable bonds is 5. The Kier molecular flexibility index (Phi) is 5.34. The molecule has 2 aromatic carbocycles. The van der Waals surface area contributed by atoms with Gasteiger partial charge in [0.05, 0.1) is 24.7 Å². The normalized spacial score (nSPS) is 14.3. The van der Waals surface area contributed by atoms with Gasteiger partial charge in [0.1, 0.15) is 11.6 Å². The molecule has 5 nitrogen and oxygen atoms in total. The number of hydrogen-bond acceptors (Lipinski definition) is 3. The lowest BCUT2D eigenvalue weighted by atomic mass is 10.1. The molecule has 0 bridgehead atoms. The molecular formula is C23H23FN2O3. The van der Waals surface area contributed by atoms with Crippen molar-refractivity contribution in [2.45, 2.75) is 38.3 Å². The van der Waals surface area contributed by atoms with Crippen molar-refractivity contribution >= 4 is 16.8 Å². The van der Waals surface area contributed by atoms with Crippen molar-refractivity contribution < 1.29 is 13.9 Å². The molecule has 0 saturated heterocycles. The van der Waals surface area contributed by atoms with Gasteiger partial charge in [0.2, 0.25) is 0 Å². The maximum absolute atomic E-state index is 14.3. The van der Waals surface area contributed by atoms with Crippen molar-refractivity contribution in [1.82, 2.24) is 9.88 Å². The Labute approximate surface area is 168 Å². The molecule has 1 fully saturated rings. The van der Waals surface area contributed by atoms with Crippen molar-refractivity contribution in [2.75, 3.05) is 7.11 Å². The van der Waals surface area contributed by atoms with E-state index in [1.54, 1.807) is 36.3 Å². The monoisotopic (exact) mass is 394 g/mol. The number of hydrogen-bond donors (Lipinski definition) is 1. The van der Waals surface area contributed by atoms with Gasteiger partial charge in [-0.15, -0.1) is 0 Å². The fourth-order valence-corrected chi connectivity index (χ4v) is 4.03. The van der Waals surface area contributed by atoms with E-state index >= 15 is 0 Å². The highest BCUT2D eigenvalue weighted by atomic mass is 19.1. The van der Waals surface area contributed by atoms with Gasteiger partial charge in [-0.2, -0.15) is 0 Å². The molecule has 0 spiro atoms. The molecule has 3 aromatic rings. The molecule has 0 radical (unpaired) electrons. The van der Waals surface area contributed by atoms with E-state index in [0.717, 1.165) is 31.1 Å². The second-order valence-electron chi connectivity index (χ2n) is 7.43. The summed E-state index contributed by atoms with van der Waals surface area (Å²) < 4.78 is 19.5. The average Bonchev–Trinajstić information content (AvgIpc) is 3.26. The molecule has 1 heterocycles. The van der Waals surface area contributed by atoms with Crippen molar-refractivity contribution in [3.05, 3.63) is 75.8 Å². The van der Waals surface area contributed by atoms with Crippen molar-refractivity contribution in [2.24, 2.45) is 0 Å². The van der Waals surface area contributed by atoms with E-state index in [1.807, 2.05) is 12.1 Å². The van der Waals surface area contributed by atoms with Gasteiger partial charge in [-0.05, 0) is 48.6 Å². The standard InChI is InChI=1S/C23H23FN2O3/c1-29-18-11-10-15-12-16(22(27)25-21(15)13-18)14-26(17-6-2-3-7-17)23(28)19-8-4-5-9-20(19)24/h4-5,8-13,17H,2-3,6-7,14H2,1H3,(H,25,27). The molecule has 6 heteroatoms. The van der Waals surface area contributed by atoms with Crippen LogP contribution in [0.5, 0.6) is 5.75 Å². The quantitative estimate of drug-likeness (QED) is 0.703. The zero-order chi connectivity index (χ0) is 20.4. The highest BCUT2D eigenvalue weighted by Crippen LogP contribution is 2.27. The van der Waals surface area contributed by atoms with Crippen LogP contribution in [0.4, 0.5) is 4.39 Å². The number of H-pyrrole nitrogens is 1. The fourth-order valence-electron chi connectivity index (χ4n) is 4.03. The summed E-state index contributed by atoms with van der Waals surface area (Å²) in [4.78, 5) is 30.4. The minimum absolute atomic E-state index is 0.00747. The number of methoxy groups -OCH3 is 1. The second kappa shape index (κ2) is 8.07. The summed E-state index contributed by atoms with van der Waals surface area (Å²) in [6, 6.07) is 13.3. The van der Waals surface area contributed by atoms with Gasteiger partial charge in [0.25, 0.3) is 11.5 Å². The van der Waals surface area contributed by atoms with Crippen LogP contribution in [0.25, 0.3) is 10.9 Å². The highest BCUT2D eigenvalue weighted by Gasteiger charge is 2.29. The predicted molar refractivity (Wildman–Crippen MR) is 110 cm³/mol. The number of fused-ring (bicyclic) bond motifs is 1. The minimum atomic E-state index is -0.542. The van der Waals surface area contributed by atoms with Crippen LogP contribution < -0.4 is 10.3 Å². The van der Waals surface area contributed by atoms with E-state index in [4.69, 9.17) is 4.74 Å². The van der Waals surface area contributed by atoms with Crippen molar-refractivity contribution in [3.8, 4) is 5.75 Å². The third-order valence-electron chi connectivity index (χ3n) is 5.60. The molecule has 0 unspecified atom stereocenters. The van der Waals surface area contributed by atoms with Gasteiger partial charge in [-0.25, -0.2) is 4.39 Å². The van der Waals surface area contributed by atoms with Gasteiger partial charge in [0, 0.05) is 17.7 Å². The van der Waals surface area contributed by atoms with Gasteiger partial charge >= 0.3 is 0 Å². The molecule has 150 valence electrons. The summed E-state index contributed by atoms with van der Waals surface area (Å²) in [7, 11) is 1.57. The zero-order valence-electron chi connectivity index (χ0n) is 16.3. The second-order valence-corrected chi connectivity index (χ2v) is 7.43. The van der Waals surface area contributed by atoms with Crippen LogP contribution in [0.1, 0.15) is 41.6 Å². The van der Waals surface area contributed by atoms with Crippen LogP contribution in [0.15, 0.2) is 53.3 Å². The molecule has 1 aliphatic carbocycles. The molecule has 1 aromatic heterocycles. The van der Waals surface area contributed by atoms with E-state index in [1.165, 1.54) is 12.1 Å². The molecule has 0 atom stereocenters. The number of nitrogens with zero attached hydrogens (tertiary/aromatic N) is 1. The van der Waals surface area contributed by atoms with E-state index in [2.05, 4.69) is 4.98 Å². The van der Waals surface area contributed by atoms with Gasteiger partial charge in [-0.1, -0.05) is 25.0 Å². The number of carbonyl (C=O) groups is 1. The van der Waals surface area contributed by atoms with E-state index in [9.17, 15) is 14.0 Å². The Morgan fingerprint density at radius 1 is 1.17 bits per heavy atom. The summed E-state index contributed by atoms with van der Waals surface area (Å²) in [5.41, 5.74) is 0.946. The maximum Gasteiger partial charge on any atom is 0.257 e. The number of halogens is 1. The number of ether oxygens (including phenoxy) is 1. The summed E-state index contributed by atoms with van der Waals surface area (Å²) in [6.07, 6.45) is 3.78. The Morgan fingerprint density at radius 2 is 1.93 bits per heavy atom. The van der Waals surface area contributed by atoms with E-state index in [0.29, 0.717) is 16.8 Å². The van der Waals surface area contributed by atoms with Gasteiger partial charge in [0.15, 0.2) is 0 Å². The van der Waals surface area contributed by atoms with E-state index < -0.39 is 5.82 Å². The van der Waals surface area contributed by atoms with Gasteiger partial charge < -0.3 is 14.6 Å². The maximum atomic E-state index is 14.3. The Morgan fingerprint density at radius 3 is 2.66 bits per heavy atom. The molecule has 4 rings (SSSR count). The lowest BCUT2D eigenvalue weighted by molar-refractivity contribution is 0.0659. The molecule has 1 amide bonds. The van der Waals surface area contributed by atoms with Crippen LogP contribution in [-0.4, -0.2) is 28.9 Å². The Hall–Kier alpha value is -3.15. The molecule has 1 N–H and O–H groups in total. The number of pyridine rings is 1. The first-order chi connectivity index (χ1) is 14.1. The first-order valence-electron chi connectivity index (χ1n) is 9.82. The van der Waals surface area contributed by atoms with E-state index in [-0.39, 0.29) is 29.6 Å². The predicted octanol–water partition coefficient (Wildman–Crippen LogP) is 4.26. The first-order valence-corrected chi connectivity index (χ1v) is 9.82. The number of benzene rings is 2. The zero-order valence-corrected chi connectivity index (χ0v) is 16.3. The molecule has 0 aliphatic heterocycles. The summed E-state index contributed by atoms with van der Waals surface area (Å²) in [5.74, 6) is -0.257. The summed E-state index contributed by atoms with van der Waals surface area (Å²) in [6.45, 7) is 0.148. The number of aromatic amines is 1. The van der Waals surface area contributed by atoms with Crippen LogP contribution in [0.3, 0.4) is 0 Å². The van der Waals surface area contributed by atoms with Crippen molar-refractivity contribution in [1.29, 1.82) is 0 Å². The smallest absolute Gasteiger partial charge is 0.257 e. The number of nitrogens with one attached hydrogen (secondary N) is 1. The number of amides is 1. The Balaban J connectivity index is 1.71. The van der Waals surface area contributed by atoms with Crippen LogP contribution in [0, 0.1) is 5.82 Å². The van der Waals surface area contributed by atoms with Crippen molar-refractivity contribution in [3.63, 3.8) is 0 Å². The fraction of sp³-hybridized carbons (Fsp3) is 0.304. The largest absolute Gasteiger partial charge is 0.497 e. The molecule has 29 heavy (non-hydrogen) atoms. The average molecular weight is 394 g/mol. The van der Waals surface area contributed by atoms with Crippen LogP contribution >= 0.6 is 0 Å². The van der Waals surface area contributed by atoms with Crippen LogP contribution in [-0.2, 0) is 6.54 Å². The van der Waals surface area contributed by atoms with Crippen LogP contribution in [0.2, 0.25) is 0 Å². The number of carbonyl (C=O) groups excluding carboxylic acids is 1. The lowest BCUT2D eigenvalue weighted by Gasteiger charge is -2.29. The SMILES string of the molecule is COc1ccc2cc(CN(C(=O)c3ccccc3F)C3CCCC3)c(=O)[nH]c2c1. The summed E-state index contributed by atoms with van der Waals surface area (Å²) in [5, 5.41) is 0.852. The third-order valence-corrected chi connectivity index (χ3v) is 5.60. The topological polar surface area (TPSA) is 62.4 Å². The Bertz CT molecular complexity index is 1100. The minimum Gasteiger partial charge on any atom is -0.497 e. The molecular weight excluding hydrogens is 371 g/mol. The number of aromatic nitrogens is 1.